The highest BCUT2D eigenvalue weighted by atomic mass is 19.1. The lowest BCUT2D eigenvalue weighted by Gasteiger charge is -2.38. The SMILES string of the molecule is CN1CCN(c2cccc(F)c2C(O)C2OCCN(c3ccc(C(C)(C)C)cc3)C2=O)CC1. The van der Waals surface area contributed by atoms with Crippen molar-refractivity contribution in [2.24, 2.45) is 0 Å². The average molecular weight is 456 g/mol. The Morgan fingerprint density at radius 1 is 1.03 bits per heavy atom. The molecule has 0 aliphatic carbocycles. The number of nitrogens with zero attached hydrogens (tertiary/aromatic N) is 3. The monoisotopic (exact) mass is 455 g/mol. The number of carbonyl (C=O) groups is 1. The van der Waals surface area contributed by atoms with Gasteiger partial charge in [-0.1, -0.05) is 39.0 Å². The highest BCUT2D eigenvalue weighted by molar-refractivity contribution is 5.97. The first-order valence-corrected chi connectivity index (χ1v) is 11.6. The summed E-state index contributed by atoms with van der Waals surface area (Å²) in [7, 11) is 2.05. The molecule has 2 aromatic carbocycles. The van der Waals surface area contributed by atoms with Gasteiger partial charge in [0.1, 0.15) is 11.9 Å². The number of aliphatic hydroxyl groups is 1. The van der Waals surface area contributed by atoms with Crippen molar-refractivity contribution in [3.8, 4) is 0 Å². The Morgan fingerprint density at radius 2 is 1.70 bits per heavy atom. The van der Waals surface area contributed by atoms with E-state index in [-0.39, 0.29) is 23.5 Å². The van der Waals surface area contributed by atoms with Crippen LogP contribution in [0.2, 0.25) is 0 Å². The molecule has 7 heteroatoms. The van der Waals surface area contributed by atoms with E-state index in [4.69, 9.17) is 4.74 Å². The van der Waals surface area contributed by atoms with Gasteiger partial charge in [0, 0.05) is 49.7 Å². The van der Waals surface area contributed by atoms with Gasteiger partial charge < -0.3 is 24.5 Å². The molecule has 4 rings (SSSR count). The molecule has 2 fully saturated rings. The summed E-state index contributed by atoms with van der Waals surface area (Å²) in [6, 6.07) is 12.7. The van der Waals surface area contributed by atoms with Crippen molar-refractivity contribution in [3.63, 3.8) is 0 Å². The minimum absolute atomic E-state index is 0.0107. The number of anilines is 2. The smallest absolute Gasteiger partial charge is 0.259 e. The standard InChI is InChI=1S/C26H34FN3O3/c1-26(2,3)18-8-10-19(11-9-18)30-16-17-33-24(25(30)32)23(31)22-20(27)6-5-7-21(22)29-14-12-28(4)13-15-29/h5-11,23-24,31H,12-17H2,1-4H3. The molecule has 2 heterocycles. The number of aliphatic hydroxyl groups excluding tert-OH is 1. The van der Waals surface area contributed by atoms with E-state index in [2.05, 4.69) is 37.6 Å². The van der Waals surface area contributed by atoms with Crippen LogP contribution < -0.4 is 9.80 Å². The van der Waals surface area contributed by atoms with Crippen LogP contribution in [0.3, 0.4) is 0 Å². The van der Waals surface area contributed by atoms with Crippen LogP contribution in [-0.4, -0.2) is 68.4 Å². The summed E-state index contributed by atoms with van der Waals surface area (Å²) in [5.41, 5.74) is 2.69. The molecule has 0 spiro atoms. The summed E-state index contributed by atoms with van der Waals surface area (Å²) in [4.78, 5) is 19.3. The molecular formula is C26H34FN3O3. The molecule has 2 unspecified atom stereocenters. The Labute approximate surface area is 195 Å². The molecule has 2 saturated heterocycles. The van der Waals surface area contributed by atoms with Gasteiger partial charge in [-0.05, 0) is 42.3 Å². The quantitative estimate of drug-likeness (QED) is 0.767. The molecule has 1 amide bonds. The van der Waals surface area contributed by atoms with Gasteiger partial charge in [0.05, 0.1) is 6.61 Å². The molecule has 0 saturated carbocycles. The van der Waals surface area contributed by atoms with Gasteiger partial charge >= 0.3 is 0 Å². The van der Waals surface area contributed by atoms with Crippen LogP contribution in [0.5, 0.6) is 0 Å². The van der Waals surface area contributed by atoms with Gasteiger partial charge in [0.2, 0.25) is 0 Å². The molecule has 2 aliphatic rings. The number of benzene rings is 2. The third kappa shape index (κ3) is 4.90. The summed E-state index contributed by atoms with van der Waals surface area (Å²) < 4.78 is 20.7. The maximum atomic E-state index is 15.0. The van der Waals surface area contributed by atoms with E-state index in [1.807, 2.05) is 30.3 Å². The zero-order valence-electron chi connectivity index (χ0n) is 19.9. The first-order chi connectivity index (χ1) is 15.7. The van der Waals surface area contributed by atoms with E-state index in [1.54, 1.807) is 11.0 Å². The summed E-state index contributed by atoms with van der Waals surface area (Å²) in [6.45, 7) is 10.2. The van der Waals surface area contributed by atoms with E-state index < -0.39 is 18.0 Å². The second-order valence-electron chi connectivity index (χ2n) is 9.99. The Morgan fingerprint density at radius 3 is 2.33 bits per heavy atom. The van der Waals surface area contributed by atoms with Gasteiger partial charge in [-0.25, -0.2) is 4.39 Å². The van der Waals surface area contributed by atoms with Crippen LogP contribution in [0.1, 0.15) is 38.0 Å². The van der Waals surface area contributed by atoms with E-state index in [0.717, 1.165) is 31.9 Å². The summed E-state index contributed by atoms with van der Waals surface area (Å²) >= 11 is 0. The summed E-state index contributed by atoms with van der Waals surface area (Å²) in [5.74, 6) is -0.883. The molecule has 1 N–H and O–H groups in total. The fourth-order valence-corrected chi connectivity index (χ4v) is 4.52. The number of hydrogen-bond acceptors (Lipinski definition) is 5. The van der Waals surface area contributed by atoms with E-state index in [9.17, 15) is 9.90 Å². The van der Waals surface area contributed by atoms with Gasteiger partial charge in [-0.2, -0.15) is 0 Å². The van der Waals surface area contributed by atoms with Crippen LogP contribution in [0, 0.1) is 5.82 Å². The Bertz CT molecular complexity index is 981. The van der Waals surface area contributed by atoms with Gasteiger partial charge in [-0.3, -0.25) is 4.79 Å². The summed E-state index contributed by atoms with van der Waals surface area (Å²) in [6.07, 6.45) is -2.56. The minimum Gasteiger partial charge on any atom is -0.385 e. The second kappa shape index (κ2) is 9.41. The topological polar surface area (TPSA) is 56.2 Å². The second-order valence-corrected chi connectivity index (χ2v) is 9.99. The normalized spacial score (nSPS) is 21.4. The van der Waals surface area contributed by atoms with Crippen molar-refractivity contribution >= 4 is 17.3 Å². The number of ether oxygens (including phenoxy) is 1. The van der Waals surface area contributed by atoms with Crippen molar-refractivity contribution in [2.45, 2.75) is 38.4 Å². The first kappa shape index (κ1) is 23.7. The highest BCUT2D eigenvalue weighted by Crippen LogP contribution is 2.35. The zero-order valence-corrected chi connectivity index (χ0v) is 19.9. The number of likely N-dealkylation sites (N-methyl/N-ethyl adjacent to an activating group) is 1. The fraction of sp³-hybridized carbons (Fsp3) is 0.500. The van der Waals surface area contributed by atoms with Crippen LogP contribution in [0.25, 0.3) is 0 Å². The summed E-state index contributed by atoms with van der Waals surface area (Å²) in [5, 5.41) is 11.2. The minimum atomic E-state index is -1.40. The molecule has 0 bridgehead atoms. The van der Waals surface area contributed by atoms with Gasteiger partial charge in [0.25, 0.3) is 5.91 Å². The first-order valence-electron chi connectivity index (χ1n) is 11.6. The van der Waals surface area contributed by atoms with Crippen molar-refractivity contribution < 1.29 is 19.0 Å². The number of carbonyl (C=O) groups excluding carboxylic acids is 1. The van der Waals surface area contributed by atoms with Crippen molar-refractivity contribution in [1.29, 1.82) is 0 Å². The van der Waals surface area contributed by atoms with Crippen molar-refractivity contribution in [1.82, 2.24) is 4.90 Å². The number of halogens is 1. The predicted molar refractivity (Wildman–Crippen MR) is 128 cm³/mol. The molecule has 2 atom stereocenters. The van der Waals surface area contributed by atoms with Crippen molar-refractivity contribution in [3.05, 3.63) is 59.4 Å². The van der Waals surface area contributed by atoms with Crippen LogP contribution >= 0.6 is 0 Å². The lowest BCUT2D eigenvalue weighted by molar-refractivity contribution is -0.143. The molecule has 0 radical (unpaired) electrons. The van der Waals surface area contributed by atoms with E-state index in [0.29, 0.717) is 12.2 Å². The maximum Gasteiger partial charge on any atom is 0.259 e. The third-order valence-corrected chi connectivity index (χ3v) is 6.62. The maximum absolute atomic E-state index is 15.0. The predicted octanol–water partition coefficient (Wildman–Crippen LogP) is 3.34. The van der Waals surface area contributed by atoms with Crippen LogP contribution in [-0.2, 0) is 14.9 Å². The Kier molecular flexibility index (Phi) is 6.75. The number of hydrogen-bond donors (Lipinski definition) is 1. The molecule has 2 aromatic rings. The Hall–Kier alpha value is -2.48. The average Bonchev–Trinajstić information content (AvgIpc) is 2.79. The zero-order chi connectivity index (χ0) is 23.8. The van der Waals surface area contributed by atoms with Crippen molar-refractivity contribution in [2.75, 3.05) is 56.2 Å². The van der Waals surface area contributed by atoms with Crippen LogP contribution in [0.4, 0.5) is 15.8 Å². The van der Waals surface area contributed by atoms with E-state index in [1.165, 1.54) is 11.6 Å². The molecular weight excluding hydrogens is 421 g/mol. The molecule has 6 nitrogen and oxygen atoms in total. The molecule has 33 heavy (non-hydrogen) atoms. The largest absolute Gasteiger partial charge is 0.385 e. The lowest BCUT2D eigenvalue weighted by Crippen LogP contribution is -2.51. The molecule has 2 aliphatic heterocycles. The van der Waals surface area contributed by atoms with Gasteiger partial charge in [0.15, 0.2) is 6.10 Å². The third-order valence-electron chi connectivity index (χ3n) is 6.62. The molecule has 178 valence electrons. The number of amides is 1. The number of piperazine rings is 1. The van der Waals surface area contributed by atoms with E-state index >= 15 is 4.39 Å². The fourth-order valence-electron chi connectivity index (χ4n) is 4.52. The van der Waals surface area contributed by atoms with Gasteiger partial charge in [-0.15, -0.1) is 0 Å². The number of rotatable bonds is 4. The van der Waals surface area contributed by atoms with Crippen LogP contribution in [0.15, 0.2) is 42.5 Å². The number of morpholine rings is 1. The lowest BCUT2D eigenvalue weighted by atomic mass is 9.87. The highest BCUT2D eigenvalue weighted by Gasteiger charge is 2.39. The molecule has 0 aromatic heterocycles. The Balaban J connectivity index is 1.59.